The lowest BCUT2D eigenvalue weighted by molar-refractivity contribution is -0.122. The molecule has 2 N–H and O–H groups in total. The SMILES string of the molecule is COc1ccc(CC(=O)NC(C)(C)CCO)cc1. The first-order valence-corrected chi connectivity index (χ1v) is 6.01. The van der Waals surface area contributed by atoms with Crippen LogP contribution in [0, 0.1) is 0 Å². The van der Waals surface area contributed by atoms with Gasteiger partial charge in [0.25, 0.3) is 0 Å². The number of carbonyl (C=O) groups excluding carboxylic acids is 1. The highest BCUT2D eigenvalue weighted by molar-refractivity contribution is 5.79. The van der Waals surface area contributed by atoms with Crippen molar-refractivity contribution in [2.24, 2.45) is 0 Å². The number of hydrogen-bond acceptors (Lipinski definition) is 3. The van der Waals surface area contributed by atoms with Gasteiger partial charge in [0.15, 0.2) is 0 Å². The summed E-state index contributed by atoms with van der Waals surface area (Å²) in [5.41, 5.74) is 0.561. The van der Waals surface area contributed by atoms with Gasteiger partial charge in [-0.25, -0.2) is 0 Å². The van der Waals surface area contributed by atoms with Gasteiger partial charge in [-0.15, -0.1) is 0 Å². The zero-order valence-corrected chi connectivity index (χ0v) is 11.2. The van der Waals surface area contributed by atoms with Gasteiger partial charge in [0.1, 0.15) is 5.75 Å². The second-order valence-corrected chi connectivity index (χ2v) is 4.93. The normalized spacial score (nSPS) is 11.1. The quantitative estimate of drug-likeness (QED) is 0.806. The first kappa shape index (κ1) is 14.5. The van der Waals surface area contributed by atoms with Gasteiger partial charge in [-0.05, 0) is 38.0 Å². The Morgan fingerprint density at radius 1 is 1.33 bits per heavy atom. The predicted molar refractivity (Wildman–Crippen MR) is 70.6 cm³/mol. The van der Waals surface area contributed by atoms with Crippen molar-refractivity contribution >= 4 is 5.91 Å². The molecule has 0 radical (unpaired) electrons. The maximum Gasteiger partial charge on any atom is 0.224 e. The topological polar surface area (TPSA) is 58.6 Å². The van der Waals surface area contributed by atoms with Crippen LogP contribution in [0.3, 0.4) is 0 Å². The highest BCUT2D eigenvalue weighted by Gasteiger charge is 2.19. The second-order valence-electron chi connectivity index (χ2n) is 4.93. The third kappa shape index (κ3) is 4.75. The fourth-order valence-corrected chi connectivity index (χ4v) is 1.69. The van der Waals surface area contributed by atoms with Crippen molar-refractivity contribution in [2.45, 2.75) is 32.2 Å². The van der Waals surface area contributed by atoms with Crippen LogP contribution in [0.2, 0.25) is 0 Å². The lowest BCUT2D eigenvalue weighted by Crippen LogP contribution is -2.44. The standard InChI is InChI=1S/C14H21NO3/c1-14(2,8-9-16)15-13(17)10-11-4-6-12(18-3)7-5-11/h4-7,16H,8-10H2,1-3H3,(H,15,17). The molecule has 18 heavy (non-hydrogen) atoms. The molecule has 0 aromatic heterocycles. The summed E-state index contributed by atoms with van der Waals surface area (Å²) in [5.74, 6) is 0.735. The Labute approximate surface area is 108 Å². The molecule has 0 saturated carbocycles. The number of amides is 1. The number of rotatable bonds is 6. The molecule has 0 fully saturated rings. The Morgan fingerprint density at radius 3 is 2.44 bits per heavy atom. The number of carbonyl (C=O) groups is 1. The molecule has 100 valence electrons. The summed E-state index contributed by atoms with van der Waals surface area (Å²) < 4.78 is 5.06. The van der Waals surface area contributed by atoms with Gasteiger partial charge in [0, 0.05) is 12.1 Å². The minimum absolute atomic E-state index is 0.0429. The zero-order valence-electron chi connectivity index (χ0n) is 11.2. The maximum atomic E-state index is 11.8. The van der Waals surface area contributed by atoms with Crippen LogP contribution in [0.5, 0.6) is 5.75 Å². The highest BCUT2D eigenvalue weighted by atomic mass is 16.5. The molecule has 4 heteroatoms. The monoisotopic (exact) mass is 251 g/mol. The van der Waals surface area contributed by atoms with Crippen molar-refractivity contribution in [3.63, 3.8) is 0 Å². The Morgan fingerprint density at radius 2 is 1.94 bits per heavy atom. The molecule has 1 aromatic rings. The first-order chi connectivity index (χ1) is 8.46. The van der Waals surface area contributed by atoms with Gasteiger partial charge < -0.3 is 15.2 Å². The van der Waals surface area contributed by atoms with Crippen LogP contribution in [0.1, 0.15) is 25.8 Å². The largest absolute Gasteiger partial charge is 0.497 e. The van der Waals surface area contributed by atoms with E-state index in [1.54, 1.807) is 7.11 Å². The number of hydrogen-bond donors (Lipinski definition) is 2. The number of aliphatic hydroxyl groups excluding tert-OH is 1. The summed E-state index contributed by atoms with van der Waals surface area (Å²) in [4.78, 5) is 11.8. The molecule has 4 nitrogen and oxygen atoms in total. The highest BCUT2D eigenvalue weighted by Crippen LogP contribution is 2.12. The maximum absolute atomic E-state index is 11.8. The minimum atomic E-state index is -0.377. The van der Waals surface area contributed by atoms with Crippen molar-refractivity contribution in [3.8, 4) is 5.75 Å². The third-order valence-electron chi connectivity index (χ3n) is 2.74. The van der Waals surface area contributed by atoms with Crippen LogP contribution in [0.4, 0.5) is 0 Å². The summed E-state index contributed by atoms with van der Waals surface area (Å²) in [5, 5.41) is 11.8. The van der Waals surface area contributed by atoms with Crippen molar-refractivity contribution < 1.29 is 14.6 Å². The van der Waals surface area contributed by atoms with E-state index >= 15 is 0 Å². The van der Waals surface area contributed by atoms with Crippen LogP contribution in [0.25, 0.3) is 0 Å². The molecular weight excluding hydrogens is 230 g/mol. The van der Waals surface area contributed by atoms with Gasteiger partial charge in [0.05, 0.1) is 13.5 Å². The Balaban J connectivity index is 2.53. The van der Waals surface area contributed by atoms with Crippen LogP contribution in [-0.2, 0) is 11.2 Å². The van der Waals surface area contributed by atoms with E-state index in [1.165, 1.54) is 0 Å². The van der Waals surface area contributed by atoms with Gasteiger partial charge in [-0.3, -0.25) is 4.79 Å². The van der Waals surface area contributed by atoms with E-state index in [0.717, 1.165) is 11.3 Å². The van der Waals surface area contributed by atoms with E-state index in [2.05, 4.69) is 5.32 Å². The Kier molecular flexibility index (Phi) is 5.16. The van der Waals surface area contributed by atoms with Crippen LogP contribution < -0.4 is 10.1 Å². The van der Waals surface area contributed by atoms with Crippen LogP contribution in [-0.4, -0.2) is 30.3 Å². The summed E-state index contributed by atoms with van der Waals surface area (Å²) in [6.45, 7) is 3.86. The molecule has 0 spiro atoms. The van der Waals surface area contributed by atoms with Gasteiger partial charge >= 0.3 is 0 Å². The van der Waals surface area contributed by atoms with E-state index in [0.29, 0.717) is 12.8 Å². The average Bonchev–Trinajstić information content (AvgIpc) is 2.28. The van der Waals surface area contributed by atoms with Gasteiger partial charge in [-0.1, -0.05) is 12.1 Å². The van der Waals surface area contributed by atoms with E-state index < -0.39 is 0 Å². The number of aliphatic hydroxyl groups is 1. The molecule has 0 aliphatic rings. The van der Waals surface area contributed by atoms with E-state index in [9.17, 15) is 4.79 Å². The first-order valence-electron chi connectivity index (χ1n) is 6.01. The molecule has 1 amide bonds. The lowest BCUT2D eigenvalue weighted by Gasteiger charge is -2.25. The second kappa shape index (κ2) is 6.40. The third-order valence-corrected chi connectivity index (χ3v) is 2.74. The molecule has 0 unspecified atom stereocenters. The van der Waals surface area contributed by atoms with Crippen molar-refractivity contribution in [1.82, 2.24) is 5.32 Å². The molecule has 0 aliphatic heterocycles. The Hall–Kier alpha value is -1.55. The fourth-order valence-electron chi connectivity index (χ4n) is 1.69. The molecular formula is C14H21NO3. The van der Waals surface area contributed by atoms with Crippen molar-refractivity contribution in [2.75, 3.05) is 13.7 Å². The number of methoxy groups -OCH3 is 1. The predicted octanol–water partition coefficient (Wildman–Crippen LogP) is 1.51. The number of ether oxygens (including phenoxy) is 1. The van der Waals surface area contributed by atoms with Crippen LogP contribution >= 0.6 is 0 Å². The van der Waals surface area contributed by atoms with E-state index in [4.69, 9.17) is 9.84 Å². The average molecular weight is 251 g/mol. The molecule has 0 heterocycles. The minimum Gasteiger partial charge on any atom is -0.497 e. The van der Waals surface area contributed by atoms with E-state index in [1.807, 2.05) is 38.1 Å². The summed E-state index contributed by atoms with van der Waals surface area (Å²) in [6, 6.07) is 7.41. The zero-order chi connectivity index (χ0) is 13.6. The van der Waals surface area contributed by atoms with Crippen molar-refractivity contribution in [3.05, 3.63) is 29.8 Å². The summed E-state index contributed by atoms with van der Waals surface area (Å²) >= 11 is 0. The fraction of sp³-hybridized carbons (Fsp3) is 0.500. The van der Waals surface area contributed by atoms with Crippen molar-refractivity contribution in [1.29, 1.82) is 0 Å². The lowest BCUT2D eigenvalue weighted by atomic mass is 10.0. The number of benzene rings is 1. The molecule has 1 aromatic carbocycles. The molecule has 0 bridgehead atoms. The Bertz CT molecular complexity index is 385. The van der Waals surface area contributed by atoms with E-state index in [-0.39, 0.29) is 18.1 Å². The molecule has 0 atom stereocenters. The van der Waals surface area contributed by atoms with Gasteiger partial charge in [0.2, 0.25) is 5.91 Å². The summed E-state index contributed by atoms with van der Waals surface area (Å²) in [6.07, 6.45) is 0.875. The van der Waals surface area contributed by atoms with Gasteiger partial charge in [-0.2, -0.15) is 0 Å². The number of nitrogens with one attached hydrogen (secondary N) is 1. The molecule has 0 aliphatic carbocycles. The van der Waals surface area contributed by atoms with Crippen LogP contribution in [0.15, 0.2) is 24.3 Å². The smallest absolute Gasteiger partial charge is 0.224 e. The molecule has 1 rings (SSSR count). The summed E-state index contributed by atoms with van der Waals surface area (Å²) in [7, 11) is 1.61. The molecule has 0 saturated heterocycles.